The first-order valence-corrected chi connectivity index (χ1v) is 8.17. The summed E-state index contributed by atoms with van der Waals surface area (Å²) in [7, 11) is 0. The van der Waals surface area contributed by atoms with Gasteiger partial charge in [-0.05, 0) is 36.8 Å². The number of nitrogens with zero attached hydrogens (tertiary/aromatic N) is 2. The predicted octanol–water partition coefficient (Wildman–Crippen LogP) is 3.29. The van der Waals surface area contributed by atoms with E-state index in [9.17, 15) is 22.8 Å². The van der Waals surface area contributed by atoms with Gasteiger partial charge in [-0.25, -0.2) is 4.98 Å². The van der Waals surface area contributed by atoms with Crippen LogP contribution in [0.3, 0.4) is 0 Å². The predicted molar refractivity (Wildman–Crippen MR) is 94.0 cm³/mol. The van der Waals surface area contributed by atoms with Crippen molar-refractivity contribution in [3.63, 3.8) is 0 Å². The van der Waals surface area contributed by atoms with Crippen molar-refractivity contribution < 1.29 is 18.0 Å². The molecule has 3 aromatic rings. The van der Waals surface area contributed by atoms with Crippen molar-refractivity contribution in [3.8, 4) is 0 Å². The number of carbonyl (C=O) groups is 1. The lowest BCUT2D eigenvalue weighted by atomic mass is 10.0. The van der Waals surface area contributed by atoms with Gasteiger partial charge in [-0.15, -0.1) is 0 Å². The minimum absolute atomic E-state index is 0.259. The van der Waals surface area contributed by atoms with Crippen LogP contribution in [-0.4, -0.2) is 15.5 Å². The molecule has 0 saturated carbocycles. The minimum atomic E-state index is -4.46. The van der Waals surface area contributed by atoms with Gasteiger partial charge in [0, 0.05) is 0 Å². The number of halogens is 3. The third-order valence-electron chi connectivity index (χ3n) is 4.15. The standard InChI is InChI=1S/C19H16F3N3O2/c1-12(13-5-4-6-14(9-13)19(20,21)22)24-17(26)11-25-16-8-3-2-7-15(16)23-10-18(25)27/h2-10,12H,11H2,1H3,(H,24,26)/t12-/m1/s1. The van der Waals surface area contributed by atoms with Gasteiger partial charge in [0.25, 0.3) is 5.56 Å². The summed E-state index contributed by atoms with van der Waals surface area (Å²) in [4.78, 5) is 28.5. The molecule has 140 valence electrons. The van der Waals surface area contributed by atoms with Crippen molar-refractivity contribution in [2.24, 2.45) is 0 Å². The number of fused-ring (bicyclic) bond motifs is 1. The molecule has 0 fully saturated rings. The van der Waals surface area contributed by atoms with Crippen molar-refractivity contribution >= 4 is 16.9 Å². The van der Waals surface area contributed by atoms with E-state index in [1.807, 2.05) is 0 Å². The van der Waals surface area contributed by atoms with Gasteiger partial charge in [0.2, 0.25) is 5.91 Å². The summed E-state index contributed by atoms with van der Waals surface area (Å²) in [6.07, 6.45) is -3.32. The number of para-hydroxylation sites is 2. The zero-order valence-corrected chi connectivity index (χ0v) is 14.3. The van der Waals surface area contributed by atoms with Crippen molar-refractivity contribution in [1.82, 2.24) is 14.9 Å². The molecule has 2 aromatic carbocycles. The van der Waals surface area contributed by atoms with Gasteiger partial charge in [0.05, 0.1) is 28.8 Å². The monoisotopic (exact) mass is 375 g/mol. The van der Waals surface area contributed by atoms with Crippen LogP contribution in [0.25, 0.3) is 11.0 Å². The van der Waals surface area contributed by atoms with Crippen LogP contribution < -0.4 is 10.9 Å². The smallest absolute Gasteiger partial charge is 0.348 e. The maximum atomic E-state index is 12.8. The number of carbonyl (C=O) groups excluding carboxylic acids is 1. The number of hydrogen-bond donors (Lipinski definition) is 1. The fourth-order valence-corrected chi connectivity index (χ4v) is 2.78. The third-order valence-corrected chi connectivity index (χ3v) is 4.15. The number of benzene rings is 2. The zero-order valence-electron chi connectivity index (χ0n) is 14.3. The summed E-state index contributed by atoms with van der Waals surface area (Å²) in [5, 5.41) is 2.63. The Labute approximate surface area is 152 Å². The van der Waals surface area contributed by atoms with Crippen LogP contribution >= 0.6 is 0 Å². The van der Waals surface area contributed by atoms with E-state index in [0.29, 0.717) is 16.6 Å². The lowest BCUT2D eigenvalue weighted by Crippen LogP contribution is -2.34. The van der Waals surface area contributed by atoms with Crippen molar-refractivity contribution in [2.45, 2.75) is 25.7 Å². The molecule has 1 amide bonds. The highest BCUT2D eigenvalue weighted by Gasteiger charge is 2.30. The van der Waals surface area contributed by atoms with E-state index in [4.69, 9.17) is 0 Å². The molecule has 8 heteroatoms. The Morgan fingerprint density at radius 2 is 1.93 bits per heavy atom. The molecule has 1 atom stereocenters. The highest BCUT2D eigenvalue weighted by molar-refractivity contribution is 5.80. The maximum Gasteiger partial charge on any atom is 0.416 e. The first-order chi connectivity index (χ1) is 12.8. The number of rotatable bonds is 4. The van der Waals surface area contributed by atoms with Gasteiger partial charge in [0.15, 0.2) is 0 Å². The normalized spacial score (nSPS) is 12.7. The second-order valence-electron chi connectivity index (χ2n) is 6.08. The van der Waals surface area contributed by atoms with Crippen molar-refractivity contribution in [2.75, 3.05) is 0 Å². The van der Waals surface area contributed by atoms with Crippen LogP contribution in [0.5, 0.6) is 0 Å². The number of aromatic nitrogens is 2. The summed E-state index contributed by atoms with van der Waals surface area (Å²) < 4.78 is 39.8. The first-order valence-electron chi connectivity index (χ1n) is 8.17. The van der Waals surface area contributed by atoms with Gasteiger partial charge >= 0.3 is 6.18 Å². The molecule has 0 unspecified atom stereocenters. The molecule has 0 radical (unpaired) electrons. The Balaban J connectivity index is 1.79. The summed E-state index contributed by atoms with van der Waals surface area (Å²) in [5.74, 6) is -0.488. The van der Waals surface area contributed by atoms with E-state index >= 15 is 0 Å². The molecular formula is C19H16F3N3O2. The molecule has 0 aliphatic heterocycles. The van der Waals surface area contributed by atoms with Crippen LogP contribution in [-0.2, 0) is 17.5 Å². The van der Waals surface area contributed by atoms with Crippen LogP contribution in [0, 0.1) is 0 Å². The SMILES string of the molecule is C[C@@H](NC(=O)Cn1c(=O)cnc2ccccc21)c1cccc(C(F)(F)F)c1. The molecular weight excluding hydrogens is 359 g/mol. The fourth-order valence-electron chi connectivity index (χ4n) is 2.78. The summed E-state index contributed by atoms with van der Waals surface area (Å²) in [6, 6.07) is 11.0. The minimum Gasteiger partial charge on any atom is -0.348 e. The molecule has 0 spiro atoms. The lowest BCUT2D eigenvalue weighted by molar-refractivity contribution is -0.137. The zero-order chi connectivity index (χ0) is 19.6. The van der Waals surface area contributed by atoms with Crippen molar-refractivity contribution in [3.05, 3.63) is 76.2 Å². The van der Waals surface area contributed by atoms with Gasteiger partial charge in [-0.2, -0.15) is 13.2 Å². The Morgan fingerprint density at radius 3 is 2.67 bits per heavy atom. The lowest BCUT2D eigenvalue weighted by Gasteiger charge is -2.17. The summed E-state index contributed by atoms with van der Waals surface area (Å²) in [6.45, 7) is 1.33. The first kappa shape index (κ1) is 18.6. The highest BCUT2D eigenvalue weighted by Crippen LogP contribution is 2.30. The molecule has 27 heavy (non-hydrogen) atoms. The largest absolute Gasteiger partial charge is 0.416 e. The van der Waals surface area contributed by atoms with E-state index in [1.54, 1.807) is 31.2 Å². The van der Waals surface area contributed by atoms with Crippen LogP contribution in [0.15, 0.2) is 59.5 Å². The van der Waals surface area contributed by atoms with Crippen LogP contribution in [0.2, 0.25) is 0 Å². The van der Waals surface area contributed by atoms with E-state index in [-0.39, 0.29) is 6.54 Å². The number of alkyl halides is 3. The number of amides is 1. The molecule has 0 saturated heterocycles. The second kappa shape index (κ2) is 7.22. The Hall–Kier alpha value is -3.16. The maximum absolute atomic E-state index is 12.8. The van der Waals surface area contributed by atoms with E-state index in [1.165, 1.54) is 16.7 Å². The summed E-state index contributed by atoms with van der Waals surface area (Å²) in [5.41, 5.74) is 0.181. The fraction of sp³-hybridized carbons (Fsp3) is 0.211. The Morgan fingerprint density at radius 1 is 1.19 bits per heavy atom. The van der Waals surface area contributed by atoms with E-state index in [2.05, 4.69) is 10.3 Å². The van der Waals surface area contributed by atoms with E-state index in [0.717, 1.165) is 18.3 Å². The van der Waals surface area contributed by atoms with Gasteiger partial charge in [0.1, 0.15) is 6.54 Å². The van der Waals surface area contributed by atoms with Gasteiger partial charge in [-0.1, -0.05) is 24.3 Å². The molecule has 1 aromatic heterocycles. The van der Waals surface area contributed by atoms with Crippen LogP contribution in [0.1, 0.15) is 24.1 Å². The molecule has 0 bridgehead atoms. The highest BCUT2D eigenvalue weighted by atomic mass is 19.4. The number of nitrogens with one attached hydrogen (secondary N) is 1. The average molecular weight is 375 g/mol. The summed E-state index contributed by atoms with van der Waals surface area (Å²) >= 11 is 0. The number of hydrogen-bond acceptors (Lipinski definition) is 3. The second-order valence-corrected chi connectivity index (χ2v) is 6.08. The Kier molecular flexibility index (Phi) is 4.98. The molecule has 3 rings (SSSR count). The molecule has 0 aliphatic carbocycles. The molecule has 0 aliphatic rings. The van der Waals surface area contributed by atoms with E-state index < -0.39 is 29.2 Å². The molecule has 5 nitrogen and oxygen atoms in total. The molecule has 1 heterocycles. The quantitative estimate of drug-likeness (QED) is 0.761. The topological polar surface area (TPSA) is 64.0 Å². The van der Waals surface area contributed by atoms with Crippen molar-refractivity contribution in [1.29, 1.82) is 0 Å². The Bertz CT molecular complexity index is 1040. The third kappa shape index (κ3) is 4.16. The average Bonchev–Trinajstić information content (AvgIpc) is 2.63. The van der Waals surface area contributed by atoms with Gasteiger partial charge < -0.3 is 5.32 Å². The van der Waals surface area contributed by atoms with Gasteiger partial charge in [-0.3, -0.25) is 14.2 Å². The van der Waals surface area contributed by atoms with Crippen LogP contribution in [0.4, 0.5) is 13.2 Å². The molecule has 1 N–H and O–H groups in total.